The predicted molar refractivity (Wildman–Crippen MR) is 158 cm³/mol. The summed E-state index contributed by atoms with van der Waals surface area (Å²) in [5.74, 6) is 0.811. The maximum Gasteiger partial charge on any atom is 0.335 e. The van der Waals surface area contributed by atoms with E-state index in [1.807, 2.05) is 48.5 Å². The lowest BCUT2D eigenvalue weighted by molar-refractivity contribution is 0.0697. The Balaban J connectivity index is 1.52. The number of ether oxygens (including phenoxy) is 1. The zero-order valence-electron chi connectivity index (χ0n) is 21.6. The molecule has 2 aromatic heterocycles. The number of hydrogen-bond donors (Lipinski definition) is 2. The fraction of sp³-hybridized carbons (Fsp3) is 0.0938. The van der Waals surface area contributed by atoms with Crippen LogP contribution in [0.25, 0.3) is 33.3 Å². The molecule has 0 amide bonds. The average molecular weight is 549 g/mol. The lowest BCUT2D eigenvalue weighted by atomic mass is 10.1. The van der Waals surface area contributed by atoms with Gasteiger partial charge in [0.05, 0.1) is 28.6 Å². The molecule has 7 nitrogen and oxygen atoms in total. The maximum atomic E-state index is 11.4. The van der Waals surface area contributed by atoms with Crippen molar-refractivity contribution in [3.63, 3.8) is 0 Å². The van der Waals surface area contributed by atoms with Crippen LogP contribution in [-0.2, 0) is 13.1 Å². The molecule has 0 atom stereocenters. The molecule has 0 aliphatic carbocycles. The summed E-state index contributed by atoms with van der Waals surface area (Å²) in [6, 6.07) is 30.7. The number of aromatic nitrogens is 3. The van der Waals surface area contributed by atoms with Gasteiger partial charge >= 0.3 is 5.97 Å². The maximum absolute atomic E-state index is 11.4. The Morgan fingerprint density at radius 1 is 0.925 bits per heavy atom. The van der Waals surface area contributed by atoms with Crippen molar-refractivity contribution in [1.29, 1.82) is 0 Å². The molecular weight excluding hydrogens is 524 g/mol. The van der Waals surface area contributed by atoms with Gasteiger partial charge in [0.15, 0.2) is 5.82 Å². The second-order valence-electron chi connectivity index (χ2n) is 9.39. The molecular formula is C32H25ClN4O3. The summed E-state index contributed by atoms with van der Waals surface area (Å²) in [5.41, 5.74) is 4.88. The molecule has 0 saturated carbocycles. The summed E-state index contributed by atoms with van der Waals surface area (Å²) in [6.45, 7) is 1.11. The third kappa shape index (κ3) is 4.83. The first-order valence-corrected chi connectivity index (χ1v) is 13.1. The van der Waals surface area contributed by atoms with Gasteiger partial charge in [0.25, 0.3) is 0 Å². The largest absolute Gasteiger partial charge is 0.495 e. The molecule has 0 saturated heterocycles. The van der Waals surface area contributed by atoms with Crippen LogP contribution in [0.4, 0.5) is 5.82 Å². The number of para-hydroxylation sites is 1. The lowest BCUT2D eigenvalue weighted by Gasteiger charge is -2.12. The monoisotopic (exact) mass is 548 g/mol. The van der Waals surface area contributed by atoms with Crippen LogP contribution >= 0.6 is 11.6 Å². The number of carboxylic acid groups (broad SMARTS) is 1. The molecule has 40 heavy (non-hydrogen) atoms. The van der Waals surface area contributed by atoms with Crippen LogP contribution in [0.5, 0.6) is 5.75 Å². The van der Waals surface area contributed by atoms with Crippen LogP contribution in [0.15, 0.2) is 97.1 Å². The number of methoxy groups -OCH3 is 1. The van der Waals surface area contributed by atoms with Gasteiger partial charge in [-0.1, -0.05) is 78.3 Å². The Kier molecular flexibility index (Phi) is 6.80. The minimum Gasteiger partial charge on any atom is -0.495 e. The van der Waals surface area contributed by atoms with Crippen LogP contribution in [-0.4, -0.2) is 32.7 Å². The van der Waals surface area contributed by atoms with Gasteiger partial charge in [0.1, 0.15) is 17.2 Å². The number of anilines is 1. The first-order valence-electron chi connectivity index (χ1n) is 12.7. The van der Waals surface area contributed by atoms with Crippen molar-refractivity contribution < 1.29 is 14.6 Å². The highest BCUT2D eigenvalue weighted by atomic mass is 35.5. The van der Waals surface area contributed by atoms with Crippen LogP contribution in [0.3, 0.4) is 0 Å². The van der Waals surface area contributed by atoms with E-state index in [9.17, 15) is 9.90 Å². The number of nitrogens with zero attached hydrogens (tertiary/aromatic N) is 3. The molecule has 6 rings (SSSR count). The van der Waals surface area contributed by atoms with E-state index in [0.29, 0.717) is 35.5 Å². The zero-order valence-corrected chi connectivity index (χ0v) is 22.4. The Morgan fingerprint density at radius 2 is 1.68 bits per heavy atom. The number of hydrogen-bond acceptors (Lipinski definition) is 5. The third-order valence-corrected chi connectivity index (χ3v) is 7.15. The van der Waals surface area contributed by atoms with Gasteiger partial charge in [-0.25, -0.2) is 14.8 Å². The number of nitrogens with one attached hydrogen (secondary N) is 1. The van der Waals surface area contributed by atoms with Crippen molar-refractivity contribution in [3.05, 3.63) is 119 Å². The van der Waals surface area contributed by atoms with Crippen LogP contribution in [0.1, 0.15) is 21.5 Å². The second kappa shape index (κ2) is 10.7. The summed E-state index contributed by atoms with van der Waals surface area (Å²) >= 11 is 6.38. The number of rotatable bonds is 8. The molecule has 4 aromatic carbocycles. The van der Waals surface area contributed by atoms with Crippen molar-refractivity contribution >= 4 is 45.3 Å². The average Bonchev–Trinajstić information content (AvgIpc) is 3.30. The summed E-state index contributed by atoms with van der Waals surface area (Å²) in [6.07, 6.45) is 0. The highest BCUT2D eigenvalue weighted by Crippen LogP contribution is 2.35. The summed E-state index contributed by atoms with van der Waals surface area (Å²) in [5, 5.41) is 15.4. The topological polar surface area (TPSA) is 89.3 Å². The fourth-order valence-electron chi connectivity index (χ4n) is 4.88. The minimum atomic E-state index is -0.980. The number of halogens is 1. The highest BCUT2D eigenvalue weighted by molar-refractivity contribution is 6.32. The van der Waals surface area contributed by atoms with E-state index >= 15 is 0 Å². The van der Waals surface area contributed by atoms with Crippen LogP contribution in [0.2, 0.25) is 5.02 Å². The lowest BCUT2D eigenvalue weighted by Crippen LogP contribution is -2.06. The Labute approximate surface area is 235 Å². The summed E-state index contributed by atoms with van der Waals surface area (Å²) in [4.78, 5) is 21.4. The van der Waals surface area contributed by atoms with Gasteiger partial charge in [0, 0.05) is 24.0 Å². The van der Waals surface area contributed by atoms with Gasteiger partial charge in [-0.05, 0) is 41.5 Å². The smallest absolute Gasteiger partial charge is 0.335 e. The van der Waals surface area contributed by atoms with E-state index in [1.54, 1.807) is 31.4 Å². The Bertz CT molecular complexity index is 1850. The first-order chi connectivity index (χ1) is 19.5. The SMILES string of the molecule is COc1ccc(CNc2nc(-c3ccc(C(=O)O)cc3)nc3c2c2ccccc2n3Cc2ccccc2)cc1Cl. The van der Waals surface area contributed by atoms with Crippen molar-refractivity contribution in [2.24, 2.45) is 0 Å². The van der Waals surface area contributed by atoms with Crippen molar-refractivity contribution in [2.45, 2.75) is 13.1 Å². The van der Waals surface area contributed by atoms with Crippen molar-refractivity contribution in [2.75, 3.05) is 12.4 Å². The number of carboxylic acids is 1. The van der Waals surface area contributed by atoms with Crippen molar-refractivity contribution in [3.8, 4) is 17.1 Å². The highest BCUT2D eigenvalue weighted by Gasteiger charge is 2.19. The van der Waals surface area contributed by atoms with Gasteiger partial charge in [0.2, 0.25) is 0 Å². The molecule has 198 valence electrons. The molecule has 2 N–H and O–H groups in total. The van der Waals surface area contributed by atoms with E-state index in [-0.39, 0.29) is 5.56 Å². The first kappa shape index (κ1) is 25.4. The summed E-state index contributed by atoms with van der Waals surface area (Å²) in [7, 11) is 1.59. The van der Waals surface area contributed by atoms with Gasteiger partial charge in [-0.15, -0.1) is 0 Å². The summed E-state index contributed by atoms with van der Waals surface area (Å²) < 4.78 is 7.50. The molecule has 0 radical (unpaired) electrons. The fourth-order valence-corrected chi connectivity index (χ4v) is 5.16. The molecule has 0 unspecified atom stereocenters. The quantitative estimate of drug-likeness (QED) is 0.208. The van der Waals surface area contributed by atoms with Gasteiger partial charge < -0.3 is 19.7 Å². The molecule has 0 spiro atoms. The van der Waals surface area contributed by atoms with Crippen LogP contribution in [0, 0.1) is 0 Å². The normalized spacial score (nSPS) is 11.2. The van der Waals surface area contributed by atoms with Crippen molar-refractivity contribution in [1.82, 2.24) is 14.5 Å². The number of fused-ring (bicyclic) bond motifs is 3. The number of aromatic carboxylic acids is 1. The zero-order chi connectivity index (χ0) is 27.6. The molecule has 0 aliphatic rings. The Hall–Kier alpha value is -4.88. The molecule has 2 heterocycles. The molecule has 0 bridgehead atoms. The van der Waals surface area contributed by atoms with E-state index in [4.69, 9.17) is 26.3 Å². The van der Waals surface area contributed by atoms with Gasteiger partial charge in [-0.2, -0.15) is 0 Å². The molecule has 8 heteroatoms. The Morgan fingerprint density at radius 3 is 2.40 bits per heavy atom. The molecule has 6 aromatic rings. The number of carbonyl (C=O) groups is 1. The molecule has 0 fully saturated rings. The van der Waals surface area contributed by atoms with E-state index in [0.717, 1.165) is 38.6 Å². The van der Waals surface area contributed by atoms with Gasteiger partial charge in [-0.3, -0.25) is 0 Å². The van der Waals surface area contributed by atoms with E-state index < -0.39 is 5.97 Å². The number of benzene rings is 4. The third-order valence-electron chi connectivity index (χ3n) is 6.86. The predicted octanol–water partition coefficient (Wildman–Crippen LogP) is 7.27. The molecule has 0 aliphatic heterocycles. The van der Waals surface area contributed by atoms with E-state index in [2.05, 4.69) is 34.1 Å². The van der Waals surface area contributed by atoms with E-state index in [1.165, 1.54) is 0 Å². The second-order valence-corrected chi connectivity index (χ2v) is 9.80. The standard InChI is InChI=1S/C32H25ClN4O3/c1-40-27-16-11-21(17-25(27)33)18-34-30-28-24-9-5-6-10-26(24)37(19-20-7-3-2-4-8-20)31(28)36-29(35-30)22-12-14-23(15-13-22)32(38)39/h2-17H,18-19H2,1H3,(H,38,39)(H,34,35,36). The van der Waals surface area contributed by atoms with Crippen LogP contribution < -0.4 is 10.1 Å². The minimum absolute atomic E-state index is 0.206.